The Kier molecular flexibility index (Phi) is 6.34. The Balaban J connectivity index is 1.62. The van der Waals surface area contributed by atoms with Crippen molar-refractivity contribution in [1.82, 2.24) is 20.2 Å². The minimum Gasteiger partial charge on any atom is -0.376 e. The van der Waals surface area contributed by atoms with Gasteiger partial charge in [-0.25, -0.2) is 4.79 Å². The predicted octanol–water partition coefficient (Wildman–Crippen LogP) is 2.76. The smallest absolute Gasteiger partial charge is 0.318 e. The summed E-state index contributed by atoms with van der Waals surface area (Å²) in [5, 5.41) is 3.01. The molecule has 2 aromatic heterocycles. The van der Waals surface area contributed by atoms with Gasteiger partial charge in [-0.1, -0.05) is 12.1 Å². The van der Waals surface area contributed by atoms with Crippen LogP contribution in [0.3, 0.4) is 0 Å². The van der Waals surface area contributed by atoms with E-state index >= 15 is 0 Å². The van der Waals surface area contributed by atoms with Gasteiger partial charge in [0.15, 0.2) is 0 Å². The molecular formula is C19H24N4O2. The van der Waals surface area contributed by atoms with Crippen LogP contribution in [0.4, 0.5) is 4.79 Å². The highest BCUT2D eigenvalue weighted by Gasteiger charge is 2.18. The Hall–Kier alpha value is -2.47. The van der Waals surface area contributed by atoms with Crippen molar-refractivity contribution in [1.29, 1.82) is 0 Å². The molecule has 1 fully saturated rings. The number of nitrogens with one attached hydrogen (secondary N) is 1. The Morgan fingerprint density at radius 2 is 1.80 bits per heavy atom. The number of urea groups is 1. The summed E-state index contributed by atoms with van der Waals surface area (Å²) in [6.45, 7) is 2.34. The molecule has 0 aromatic carbocycles. The molecular weight excluding hydrogens is 316 g/mol. The molecule has 0 bridgehead atoms. The average Bonchev–Trinajstić information content (AvgIpc) is 2.68. The van der Waals surface area contributed by atoms with Crippen LogP contribution in [0.15, 0.2) is 49.1 Å². The number of carbonyl (C=O) groups excluding carboxylic acids is 1. The molecule has 1 atom stereocenters. The lowest BCUT2D eigenvalue weighted by Gasteiger charge is -2.26. The van der Waals surface area contributed by atoms with Crippen LogP contribution in [0.5, 0.6) is 0 Å². The van der Waals surface area contributed by atoms with Gasteiger partial charge in [0, 0.05) is 51.0 Å². The highest BCUT2D eigenvalue weighted by molar-refractivity contribution is 5.74. The van der Waals surface area contributed by atoms with Crippen LogP contribution in [0.25, 0.3) is 0 Å². The molecule has 132 valence electrons. The van der Waals surface area contributed by atoms with E-state index in [1.165, 1.54) is 0 Å². The van der Waals surface area contributed by atoms with Crippen molar-refractivity contribution in [2.24, 2.45) is 0 Å². The summed E-state index contributed by atoms with van der Waals surface area (Å²) in [5.41, 5.74) is 1.99. The van der Waals surface area contributed by atoms with E-state index in [0.29, 0.717) is 19.6 Å². The van der Waals surface area contributed by atoms with Crippen molar-refractivity contribution in [3.8, 4) is 0 Å². The first-order valence-corrected chi connectivity index (χ1v) is 8.73. The van der Waals surface area contributed by atoms with Crippen molar-refractivity contribution < 1.29 is 9.53 Å². The molecule has 0 radical (unpaired) electrons. The highest BCUT2D eigenvalue weighted by atomic mass is 16.5. The largest absolute Gasteiger partial charge is 0.376 e. The van der Waals surface area contributed by atoms with Crippen molar-refractivity contribution in [3.05, 3.63) is 60.2 Å². The van der Waals surface area contributed by atoms with E-state index < -0.39 is 0 Å². The Morgan fingerprint density at radius 3 is 2.32 bits per heavy atom. The third kappa shape index (κ3) is 5.53. The number of nitrogens with zero attached hydrogens (tertiary/aromatic N) is 3. The van der Waals surface area contributed by atoms with Crippen molar-refractivity contribution in [3.63, 3.8) is 0 Å². The second-order valence-corrected chi connectivity index (χ2v) is 6.25. The molecule has 3 rings (SSSR count). The lowest BCUT2D eigenvalue weighted by Crippen LogP contribution is -2.43. The predicted molar refractivity (Wildman–Crippen MR) is 94.7 cm³/mol. The molecule has 6 nitrogen and oxygen atoms in total. The fraction of sp³-hybridized carbons (Fsp3) is 0.421. The zero-order valence-corrected chi connectivity index (χ0v) is 14.3. The van der Waals surface area contributed by atoms with Crippen LogP contribution >= 0.6 is 0 Å². The van der Waals surface area contributed by atoms with Crippen molar-refractivity contribution >= 4 is 6.03 Å². The Labute approximate surface area is 148 Å². The van der Waals surface area contributed by atoms with Crippen LogP contribution in [-0.2, 0) is 17.8 Å². The quantitative estimate of drug-likeness (QED) is 0.878. The maximum Gasteiger partial charge on any atom is 0.318 e. The number of aromatic nitrogens is 2. The first kappa shape index (κ1) is 17.4. The SMILES string of the molecule is O=C(NC[C@H]1CCCCO1)N(Cc1cccnc1)Cc1cccnc1. The molecule has 2 amide bonds. The van der Waals surface area contributed by atoms with Gasteiger partial charge in [0.1, 0.15) is 0 Å². The molecule has 2 aromatic rings. The number of ether oxygens (including phenoxy) is 1. The van der Waals surface area contributed by atoms with Gasteiger partial charge in [0.05, 0.1) is 6.10 Å². The molecule has 0 aliphatic carbocycles. The van der Waals surface area contributed by atoms with Gasteiger partial charge in [-0.3, -0.25) is 9.97 Å². The lowest BCUT2D eigenvalue weighted by atomic mass is 10.1. The Bertz CT molecular complexity index is 603. The van der Waals surface area contributed by atoms with Crippen molar-refractivity contribution in [2.75, 3.05) is 13.2 Å². The van der Waals surface area contributed by atoms with Crippen LogP contribution in [0, 0.1) is 0 Å². The molecule has 1 aliphatic rings. The summed E-state index contributed by atoms with van der Waals surface area (Å²) < 4.78 is 5.69. The van der Waals surface area contributed by atoms with Gasteiger partial charge < -0.3 is 15.0 Å². The van der Waals surface area contributed by atoms with Crippen molar-refractivity contribution in [2.45, 2.75) is 38.5 Å². The minimum absolute atomic E-state index is 0.0955. The lowest BCUT2D eigenvalue weighted by molar-refractivity contribution is 0.0176. The van der Waals surface area contributed by atoms with Crippen LogP contribution in [0.2, 0.25) is 0 Å². The van der Waals surface area contributed by atoms with E-state index in [1.807, 2.05) is 24.3 Å². The number of hydrogen-bond donors (Lipinski definition) is 1. The van der Waals surface area contributed by atoms with Gasteiger partial charge in [-0.05, 0) is 42.5 Å². The number of amides is 2. The fourth-order valence-electron chi connectivity index (χ4n) is 2.90. The fourth-order valence-corrected chi connectivity index (χ4v) is 2.90. The molecule has 6 heteroatoms. The zero-order valence-electron chi connectivity index (χ0n) is 14.3. The highest BCUT2D eigenvalue weighted by Crippen LogP contribution is 2.13. The number of carbonyl (C=O) groups is 1. The van der Waals surface area contributed by atoms with Crippen LogP contribution < -0.4 is 5.32 Å². The van der Waals surface area contributed by atoms with Gasteiger partial charge >= 0.3 is 6.03 Å². The first-order chi connectivity index (χ1) is 12.3. The topological polar surface area (TPSA) is 67.3 Å². The summed E-state index contributed by atoms with van der Waals surface area (Å²) >= 11 is 0. The summed E-state index contributed by atoms with van der Waals surface area (Å²) in [4.78, 5) is 22.8. The molecule has 0 unspecified atom stereocenters. The minimum atomic E-state index is -0.0955. The molecule has 1 saturated heterocycles. The van der Waals surface area contributed by atoms with E-state index in [4.69, 9.17) is 4.74 Å². The summed E-state index contributed by atoms with van der Waals surface area (Å²) in [5.74, 6) is 0. The molecule has 25 heavy (non-hydrogen) atoms. The molecule has 1 aliphatic heterocycles. The van der Waals surface area contributed by atoms with Gasteiger partial charge in [0.25, 0.3) is 0 Å². The third-order valence-electron chi connectivity index (χ3n) is 4.23. The van der Waals surface area contributed by atoms with E-state index in [-0.39, 0.29) is 12.1 Å². The van der Waals surface area contributed by atoms with Crippen LogP contribution in [0.1, 0.15) is 30.4 Å². The van der Waals surface area contributed by atoms with E-state index in [9.17, 15) is 4.79 Å². The normalized spacial score (nSPS) is 17.0. The van der Waals surface area contributed by atoms with Gasteiger partial charge in [-0.2, -0.15) is 0 Å². The number of hydrogen-bond acceptors (Lipinski definition) is 4. The zero-order chi connectivity index (χ0) is 17.3. The number of rotatable bonds is 6. The van der Waals surface area contributed by atoms with E-state index in [2.05, 4.69) is 15.3 Å². The second-order valence-electron chi connectivity index (χ2n) is 6.25. The molecule has 0 spiro atoms. The monoisotopic (exact) mass is 340 g/mol. The standard InChI is InChI=1S/C19H24N4O2/c24-19(22-13-18-7-1-2-10-25-18)23(14-16-5-3-8-20-11-16)15-17-6-4-9-21-12-17/h3-6,8-9,11-12,18H,1-2,7,10,13-15H2,(H,22,24)/t18-/m1/s1. The Morgan fingerprint density at radius 1 is 1.12 bits per heavy atom. The third-order valence-corrected chi connectivity index (χ3v) is 4.23. The van der Waals surface area contributed by atoms with Gasteiger partial charge in [0.2, 0.25) is 0 Å². The second kappa shape index (κ2) is 9.13. The molecule has 3 heterocycles. The van der Waals surface area contributed by atoms with Crippen LogP contribution in [-0.4, -0.2) is 40.2 Å². The molecule has 1 N–H and O–H groups in total. The van der Waals surface area contributed by atoms with E-state index in [1.54, 1.807) is 29.7 Å². The summed E-state index contributed by atoms with van der Waals surface area (Å²) in [7, 11) is 0. The molecule has 0 saturated carbocycles. The maximum atomic E-state index is 12.7. The number of pyridine rings is 2. The average molecular weight is 340 g/mol. The van der Waals surface area contributed by atoms with Gasteiger partial charge in [-0.15, -0.1) is 0 Å². The first-order valence-electron chi connectivity index (χ1n) is 8.73. The maximum absolute atomic E-state index is 12.7. The van der Waals surface area contributed by atoms with E-state index in [0.717, 1.165) is 37.0 Å². The summed E-state index contributed by atoms with van der Waals surface area (Å²) in [6.07, 6.45) is 10.4. The summed E-state index contributed by atoms with van der Waals surface area (Å²) in [6, 6.07) is 7.61.